The highest BCUT2D eigenvalue weighted by molar-refractivity contribution is 9.10. The van der Waals surface area contributed by atoms with Crippen LogP contribution in [0.15, 0.2) is 34.1 Å². The summed E-state index contributed by atoms with van der Waals surface area (Å²) in [6.45, 7) is 0.238. The molecule has 2 rings (SSSR count). The number of aromatic carboxylic acids is 1. The van der Waals surface area contributed by atoms with E-state index in [1.54, 1.807) is 0 Å². The molecule has 94 valence electrons. The minimum atomic E-state index is -1.17. The number of thiophene rings is 1. The van der Waals surface area contributed by atoms with Crippen LogP contribution in [0.5, 0.6) is 5.75 Å². The van der Waals surface area contributed by atoms with Gasteiger partial charge in [-0.15, -0.1) is 11.3 Å². The predicted octanol–water partition coefficient (Wildman–Crippen LogP) is 3.93. The van der Waals surface area contributed by atoms with Crippen molar-refractivity contribution in [3.05, 3.63) is 50.4 Å². The number of carbonyl (C=O) groups is 1. The highest BCUT2D eigenvalue weighted by Crippen LogP contribution is 2.25. The van der Waals surface area contributed by atoms with Crippen LogP contribution in [-0.2, 0) is 6.61 Å². The molecule has 0 aliphatic heterocycles. The summed E-state index contributed by atoms with van der Waals surface area (Å²) in [5.41, 5.74) is -0.0999. The number of rotatable bonds is 4. The maximum Gasteiger partial charge on any atom is 0.335 e. The Morgan fingerprint density at radius 3 is 2.78 bits per heavy atom. The Bertz CT molecular complexity index is 582. The first kappa shape index (κ1) is 13.0. The van der Waals surface area contributed by atoms with Crippen molar-refractivity contribution < 1.29 is 19.0 Å². The molecule has 6 heteroatoms. The van der Waals surface area contributed by atoms with Crippen molar-refractivity contribution in [1.82, 2.24) is 0 Å². The molecule has 1 aromatic heterocycles. The molecule has 0 atom stereocenters. The summed E-state index contributed by atoms with van der Waals surface area (Å²) in [7, 11) is 0. The van der Waals surface area contributed by atoms with Gasteiger partial charge in [0, 0.05) is 4.47 Å². The minimum absolute atomic E-state index is 0.0419. The first-order valence-electron chi connectivity index (χ1n) is 4.95. The Kier molecular flexibility index (Phi) is 3.98. The third-order valence-electron chi connectivity index (χ3n) is 2.23. The maximum absolute atomic E-state index is 13.5. The molecule has 3 nitrogen and oxygen atoms in total. The van der Waals surface area contributed by atoms with E-state index in [2.05, 4.69) is 15.9 Å². The molecule has 0 spiro atoms. The zero-order chi connectivity index (χ0) is 13.1. The lowest BCUT2D eigenvalue weighted by Gasteiger charge is -2.07. The summed E-state index contributed by atoms with van der Waals surface area (Å²) >= 11 is 4.84. The van der Waals surface area contributed by atoms with Gasteiger partial charge in [0.15, 0.2) is 11.6 Å². The van der Waals surface area contributed by atoms with Crippen LogP contribution >= 0.6 is 27.3 Å². The van der Waals surface area contributed by atoms with Gasteiger partial charge < -0.3 is 9.84 Å². The summed E-state index contributed by atoms with van der Waals surface area (Å²) < 4.78 is 19.8. The highest BCUT2D eigenvalue weighted by atomic mass is 79.9. The average Bonchev–Trinajstić information content (AvgIpc) is 2.73. The lowest BCUT2D eigenvalue weighted by atomic mass is 10.2. The van der Waals surface area contributed by atoms with Crippen LogP contribution in [0, 0.1) is 5.82 Å². The molecule has 0 aliphatic rings. The van der Waals surface area contributed by atoms with Crippen LogP contribution in [0.2, 0.25) is 0 Å². The normalized spacial score (nSPS) is 10.3. The Morgan fingerprint density at radius 2 is 2.22 bits per heavy atom. The Labute approximate surface area is 115 Å². The molecule has 0 bridgehead atoms. The number of hydrogen-bond acceptors (Lipinski definition) is 3. The lowest BCUT2D eigenvalue weighted by Crippen LogP contribution is -2.00. The van der Waals surface area contributed by atoms with Crippen LogP contribution in [0.4, 0.5) is 4.39 Å². The van der Waals surface area contributed by atoms with Gasteiger partial charge >= 0.3 is 5.97 Å². The van der Waals surface area contributed by atoms with Gasteiger partial charge in [-0.1, -0.05) is 0 Å². The van der Waals surface area contributed by atoms with Gasteiger partial charge in [0.25, 0.3) is 0 Å². The predicted molar refractivity (Wildman–Crippen MR) is 69.7 cm³/mol. The molecule has 0 fully saturated rings. The Morgan fingerprint density at radius 1 is 1.44 bits per heavy atom. The van der Waals surface area contributed by atoms with Gasteiger partial charge in [-0.25, -0.2) is 9.18 Å². The second kappa shape index (κ2) is 5.49. The van der Waals surface area contributed by atoms with Crippen molar-refractivity contribution >= 4 is 33.2 Å². The molecule has 0 radical (unpaired) electrons. The molecule has 2 aromatic rings. The molecule has 0 unspecified atom stereocenters. The van der Waals surface area contributed by atoms with Crippen LogP contribution in [0.25, 0.3) is 0 Å². The fourth-order valence-corrected chi connectivity index (χ4v) is 2.70. The Hall–Kier alpha value is -1.40. The van der Waals surface area contributed by atoms with Crippen molar-refractivity contribution in [2.24, 2.45) is 0 Å². The number of halogens is 2. The molecule has 0 amide bonds. The lowest BCUT2D eigenvalue weighted by molar-refractivity contribution is 0.0696. The second-order valence-corrected chi connectivity index (χ2v) is 5.29. The number of ether oxygens (including phenoxy) is 1. The van der Waals surface area contributed by atoms with E-state index in [0.29, 0.717) is 0 Å². The first-order chi connectivity index (χ1) is 8.58. The standard InChI is InChI=1S/C12H8BrFO3S/c13-8-3-4-18-11(8)6-17-10-2-1-7(12(15)16)5-9(10)14/h1-5H,6H2,(H,15,16). The minimum Gasteiger partial charge on any atom is -0.485 e. The number of carboxylic acids is 1. The van der Waals surface area contributed by atoms with Gasteiger partial charge in [0.2, 0.25) is 0 Å². The van der Waals surface area contributed by atoms with Crippen LogP contribution < -0.4 is 4.74 Å². The van der Waals surface area contributed by atoms with E-state index >= 15 is 0 Å². The zero-order valence-electron chi connectivity index (χ0n) is 9.02. The molecular weight excluding hydrogens is 323 g/mol. The van der Waals surface area contributed by atoms with Gasteiger partial charge in [-0.05, 0) is 45.6 Å². The fourth-order valence-electron chi connectivity index (χ4n) is 1.32. The molecule has 0 saturated carbocycles. The third kappa shape index (κ3) is 2.88. The molecule has 0 saturated heterocycles. The number of benzene rings is 1. The van der Waals surface area contributed by atoms with Crippen molar-refractivity contribution in [2.45, 2.75) is 6.61 Å². The number of hydrogen-bond donors (Lipinski definition) is 1. The van der Waals surface area contributed by atoms with Crippen LogP contribution in [0.1, 0.15) is 15.2 Å². The van der Waals surface area contributed by atoms with E-state index in [1.165, 1.54) is 23.5 Å². The van der Waals surface area contributed by atoms with Gasteiger partial charge in [0.05, 0.1) is 10.4 Å². The fraction of sp³-hybridized carbons (Fsp3) is 0.0833. The van der Waals surface area contributed by atoms with Gasteiger partial charge in [0.1, 0.15) is 6.61 Å². The van der Waals surface area contributed by atoms with E-state index in [9.17, 15) is 9.18 Å². The molecule has 1 heterocycles. The van der Waals surface area contributed by atoms with E-state index in [-0.39, 0.29) is 17.9 Å². The van der Waals surface area contributed by atoms with Crippen LogP contribution in [-0.4, -0.2) is 11.1 Å². The van der Waals surface area contributed by atoms with E-state index < -0.39 is 11.8 Å². The van der Waals surface area contributed by atoms with Crippen molar-refractivity contribution in [2.75, 3.05) is 0 Å². The molecule has 18 heavy (non-hydrogen) atoms. The number of carboxylic acid groups (broad SMARTS) is 1. The highest BCUT2D eigenvalue weighted by Gasteiger charge is 2.10. The summed E-state index contributed by atoms with van der Waals surface area (Å²) in [6, 6.07) is 5.46. The van der Waals surface area contributed by atoms with Crippen molar-refractivity contribution in [3.63, 3.8) is 0 Å². The van der Waals surface area contributed by atoms with E-state index in [1.807, 2.05) is 11.4 Å². The summed E-state index contributed by atoms with van der Waals surface area (Å²) in [5.74, 6) is -1.80. The summed E-state index contributed by atoms with van der Waals surface area (Å²) in [6.07, 6.45) is 0. The third-order valence-corrected chi connectivity index (χ3v) is 4.13. The van der Waals surface area contributed by atoms with Crippen molar-refractivity contribution in [3.8, 4) is 5.75 Å². The maximum atomic E-state index is 13.5. The average molecular weight is 331 g/mol. The largest absolute Gasteiger partial charge is 0.485 e. The second-order valence-electron chi connectivity index (χ2n) is 3.43. The smallest absolute Gasteiger partial charge is 0.335 e. The summed E-state index contributed by atoms with van der Waals surface area (Å²) in [5, 5.41) is 10.6. The van der Waals surface area contributed by atoms with Crippen LogP contribution in [0.3, 0.4) is 0 Å². The molecular formula is C12H8BrFO3S. The topological polar surface area (TPSA) is 46.5 Å². The van der Waals surface area contributed by atoms with Gasteiger partial charge in [-0.3, -0.25) is 0 Å². The molecule has 1 aromatic carbocycles. The SMILES string of the molecule is O=C(O)c1ccc(OCc2sccc2Br)c(F)c1. The zero-order valence-corrected chi connectivity index (χ0v) is 11.4. The Balaban J connectivity index is 2.11. The van der Waals surface area contributed by atoms with E-state index in [0.717, 1.165) is 15.4 Å². The van der Waals surface area contributed by atoms with Crippen molar-refractivity contribution in [1.29, 1.82) is 0 Å². The summed E-state index contributed by atoms with van der Waals surface area (Å²) in [4.78, 5) is 11.6. The van der Waals surface area contributed by atoms with E-state index in [4.69, 9.17) is 9.84 Å². The van der Waals surface area contributed by atoms with Gasteiger partial charge in [-0.2, -0.15) is 0 Å². The monoisotopic (exact) mass is 330 g/mol. The quantitative estimate of drug-likeness (QED) is 0.923. The molecule has 1 N–H and O–H groups in total. The first-order valence-corrected chi connectivity index (χ1v) is 6.62. The molecule has 0 aliphatic carbocycles.